The van der Waals surface area contributed by atoms with Crippen LogP contribution in [0.2, 0.25) is 0 Å². The van der Waals surface area contributed by atoms with Crippen LogP contribution in [-0.4, -0.2) is 37.5 Å². The number of anilines is 2. The summed E-state index contributed by atoms with van der Waals surface area (Å²) in [6.45, 7) is 0. The first kappa shape index (κ1) is 14.0. The van der Waals surface area contributed by atoms with Crippen LogP contribution in [0, 0.1) is 0 Å². The van der Waals surface area contributed by atoms with Crippen molar-refractivity contribution < 1.29 is 13.2 Å². The van der Waals surface area contributed by atoms with Gasteiger partial charge in [-0.25, -0.2) is 23.4 Å². The highest BCUT2D eigenvalue weighted by atomic mass is 32.2. The summed E-state index contributed by atoms with van der Waals surface area (Å²) < 4.78 is 31.4. The molecule has 106 valence electrons. The molecule has 8 nitrogen and oxygen atoms in total. The molecule has 0 amide bonds. The van der Waals surface area contributed by atoms with Crippen LogP contribution in [0.1, 0.15) is 0 Å². The SMILES string of the molecule is CNc1ncc(S(=O)(=O)Nc2ccc(OC)nc2)cn1. The van der Waals surface area contributed by atoms with Crippen LogP contribution in [-0.2, 0) is 10.0 Å². The van der Waals surface area contributed by atoms with Crippen molar-refractivity contribution in [2.75, 3.05) is 24.2 Å². The average Bonchev–Trinajstić information content (AvgIpc) is 2.48. The molecule has 0 atom stereocenters. The van der Waals surface area contributed by atoms with E-state index < -0.39 is 10.0 Å². The van der Waals surface area contributed by atoms with Gasteiger partial charge in [-0.3, -0.25) is 4.72 Å². The van der Waals surface area contributed by atoms with E-state index in [4.69, 9.17) is 4.74 Å². The van der Waals surface area contributed by atoms with E-state index in [1.165, 1.54) is 25.7 Å². The highest BCUT2D eigenvalue weighted by Crippen LogP contribution is 2.16. The normalized spacial score (nSPS) is 10.9. The molecule has 0 fully saturated rings. The summed E-state index contributed by atoms with van der Waals surface area (Å²) in [5.74, 6) is 0.740. The summed E-state index contributed by atoms with van der Waals surface area (Å²) >= 11 is 0. The summed E-state index contributed by atoms with van der Waals surface area (Å²) in [6.07, 6.45) is 3.80. The molecule has 2 rings (SSSR count). The summed E-state index contributed by atoms with van der Waals surface area (Å²) in [5.41, 5.74) is 0.323. The second kappa shape index (κ2) is 5.70. The van der Waals surface area contributed by atoms with E-state index in [2.05, 4.69) is 25.0 Å². The van der Waals surface area contributed by atoms with Crippen molar-refractivity contribution in [1.82, 2.24) is 15.0 Å². The van der Waals surface area contributed by atoms with Gasteiger partial charge in [-0.05, 0) is 6.07 Å². The number of hydrogen-bond donors (Lipinski definition) is 2. The number of aromatic nitrogens is 3. The summed E-state index contributed by atoms with van der Waals surface area (Å²) in [4.78, 5) is 11.6. The molecule has 2 aromatic heterocycles. The van der Waals surface area contributed by atoms with Gasteiger partial charge in [0.25, 0.3) is 10.0 Å². The van der Waals surface area contributed by atoms with Crippen molar-refractivity contribution in [2.24, 2.45) is 0 Å². The molecule has 0 radical (unpaired) electrons. The minimum atomic E-state index is -3.74. The minimum absolute atomic E-state index is 0.0349. The Morgan fingerprint density at radius 3 is 2.30 bits per heavy atom. The van der Waals surface area contributed by atoms with E-state index in [0.29, 0.717) is 17.5 Å². The van der Waals surface area contributed by atoms with Gasteiger partial charge >= 0.3 is 0 Å². The smallest absolute Gasteiger partial charge is 0.265 e. The summed E-state index contributed by atoms with van der Waals surface area (Å²) in [7, 11) is -0.619. The number of pyridine rings is 1. The van der Waals surface area contributed by atoms with E-state index >= 15 is 0 Å². The summed E-state index contributed by atoms with van der Waals surface area (Å²) in [6, 6.07) is 3.10. The molecule has 0 saturated carbocycles. The molecule has 0 spiro atoms. The molecule has 0 unspecified atom stereocenters. The third-order valence-corrected chi connectivity index (χ3v) is 3.70. The molecule has 20 heavy (non-hydrogen) atoms. The van der Waals surface area contributed by atoms with E-state index in [-0.39, 0.29) is 4.90 Å². The average molecular weight is 295 g/mol. The van der Waals surface area contributed by atoms with Gasteiger partial charge < -0.3 is 10.1 Å². The quantitative estimate of drug-likeness (QED) is 0.837. The number of rotatable bonds is 5. The van der Waals surface area contributed by atoms with Crippen molar-refractivity contribution in [1.29, 1.82) is 0 Å². The van der Waals surface area contributed by atoms with Gasteiger partial charge in [0.15, 0.2) is 0 Å². The lowest BCUT2D eigenvalue weighted by atomic mass is 10.4. The van der Waals surface area contributed by atoms with Crippen LogP contribution < -0.4 is 14.8 Å². The Hall–Kier alpha value is -2.42. The lowest BCUT2D eigenvalue weighted by Gasteiger charge is -2.08. The maximum Gasteiger partial charge on any atom is 0.265 e. The maximum atomic E-state index is 12.1. The van der Waals surface area contributed by atoms with E-state index in [9.17, 15) is 8.42 Å². The Balaban J connectivity index is 2.20. The number of ether oxygens (including phenoxy) is 1. The van der Waals surface area contributed by atoms with Crippen molar-refractivity contribution in [3.05, 3.63) is 30.7 Å². The molecule has 2 N–H and O–H groups in total. The third-order valence-electron chi connectivity index (χ3n) is 2.36. The number of hydrogen-bond acceptors (Lipinski definition) is 7. The van der Waals surface area contributed by atoms with E-state index in [1.807, 2.05) is 0 Å². The highest BCUT2D eigenvalue weighted by molar-refractivity contribution is 7.92. The van der Waals surface area contributed by atoms with Gasteiger partial charge in [0.05, 0.1) is 31.4 Å². The Bertz CT molecular complexity index is 670. The monoisotopic (exact) mass is 295 g/mol. The van der Waals surface area contributed by atoms with Crippen LogP contribution in [0.4, 0.5) is 11.6 Å². The van der Waals surface area contributed by atoms with Crippen LogP contribution in [0.3, 0.4) is 0 Å². The Morgan fingerprint density at radius 1 is 1.10 bits per heavy atom. The molecule has 9 heteroatoms. The van der Waals surface area contributed by atoms with Crippen LogP contribution in [0.15, 0.2) is 35.6 Å². The first-order valence-corrected chi connectivity index (χ1v) is 7.06. The van der Waals surface area contributed by atoms with Gasteiger partial charge in [-0.1, -0.05) is 0 Å². The van der Waals surface area contributed by atoms with E-state index in [1.54, 1.807) is 19.2 Å². The van der Waals surface area contributed by atoms with Crippen molar-refractivity contribution in [3.8, 4) is 5.88 Å². The Morgan fingerprint density at radius 2 is 1.80 bits per heavy atom. The third kappa shape index (κ3) is 3.12. The minimum Gasteiger partial charge on any atom is -0.481 e. The molecule has 0 saturated heterocycles. The zero-order valence-electron chi connectivity index (χ0n) is 10.9. The topological polar surface area (TPSA) is 106 Å². The Labute approximate surface area is 116 Å². The fourth-order valence-electron chi connectivity index (χ4n) is 1.36. The number of methoxy groups -OCH3 is 1. The number of nitrogens with one attached hydrogen (secondary N) is 2. The van der Waals surface area contributed by atoms with Crippen molar-refractivity contribution >= 4 is 21.7 Å². The van der Waals surface area contributed by atoms with E-state index in [0.717, 1.165) is 0 Å². The summed E-state index contributed by atoms with van der Waals surface area (Å²) in [5, 5.41) is 2.71. The van der Waals surface area contributed by atoms with Crippen LogP contribution in [0.5, 0.6) is 5.88 Å². The fourth-order valence-corrected chi connectivity index (χ4v) is 2.29. The molecular formula is C11H13N5O3S. The molecule has 0 bridgehead atoms. The van der Waals surface area contributed by atoms with Gasteiger partial charge in [0, 0.05) is 13.1 Å². The van der Waals surface area contributed by atoms with Crippen molar-refractivity contribution in [2.45, 2.75) is 4.90 Å². The Kier molecular flexibility index (Phi) is 3.99. The highest BCUT2D eigenvalue weighted by Gasteiger charge is 2.15. The lowest BCUT2D eigenvalue weighted by molar-refractivity contribution is 0.398. The first-order valence-electron chi connectivity index (χ1n) is 5.58. The predicted molar refractivity (Wildman–Crippen MR) is 73.2 cm³/mol. The number of sulfonamides is 1. The van der Waals surface area contributed by atoms with Gasteiger partial charge in [-0.15, -0.1) is 0 Å². The lowest BCUT2D eigenvalue weighted by Crippen LogP contribution is -2.14. The largest absolute Gasteiger partial charge is 0.481 e. The maximum absolute atomic E-state index is 12.1. The molecular weight excluding hydrogens is 282 g/mol. The van der Waals surface area contributed by atoms with Gasteiger partial charge in [-0.2, -0.15) is 0 Å². The van der Waals surface area contributed by atoms with Crippen LogP contribution >= 0.6 is 0 Å². The molecule has 0 aliphatic rings. The predicted octanol–water partition coefficient (Wildman–Crippen LogP) is 0.723. The molecule has 0 aromatic carbocycles. The zero-order chi connectivity index (χ0) is 14.6. The second-order valence-corrected chi connectivity index (χ2v) is 5.37. The first-order chi connectivity index (χ1) is 9.55. The van der Waals surface area contributed by atoms with Crippen molar-refractivity contribution in [3.63, 3.8) is 0 Å². The molecule has 2 aromatic rings. The fraction of sp³-hybridized carbons (Fsp3) is 0.182. The van der Waals surface area contributed by atoms with Gasteiger partial charge in [0.2, 0.25) is 11.8 Å². The second-order valence-electron chi connectivity index (χ2n) is 3.69. The molecule has 0 aliphatic carbocycles. The van der Waals surface area contributed by atoms with Gasteiger partial charge in [0.1, 0.15) is 4.90 Å². The molecule has 0 aliphatic heterocycles. The number of nitrogens with zero attached hydrogens (tertiary/aromatic N) is 3. The molecule has 2 heterocycles. The standard InChI is InChI=1S/C11H13N5O3S/c1-12-11-14-6-9(7-15-11)20(17,18)16-8-3-4-10(19-2)13-5-8/h3-7,16H,1-2H3,(H,12,14,15). The zero-order valence-corrected chi connectivity index (χ0v) is 11.7. The van der Waals surface area contributed by atoms with Crippen LogP contribution in [0.25, 0.3) is 0 Å².